The predicted octanol–water partition coefficient (Wildman–Crippen LogP) is 0.879. The summed E-state index contributed by atoms with van der Waals surface area (Å²) in [6, 6.07) is 0. The third-order valence-electron chi connectivity index (χ3n) is 2.04. The number of nitrogens with zero attached hydrogens (tertiary/aromatic N) is 1. The van der Waals surface area contributed by atoms with Crippen molar-refractivity contribution < 1.29 is 9.59 Å². The van der Waals surface area contributed by atoms with Crippen molar-refractivity contribution in [3.63, 3.8) is 0 Å². The van der Waals surface area contributed by atoms with Gasteiger partial charge < -0.3 is 4.90 Å². The van der Waals surface area contributed by atoms with Gasteiger partial charge in [0.25, 0.3) is 0 Å². The quantitative estimate of drug-likeness (QED) is 0.454. The van der Waals surface area contributed by atoms with Crippen molar-refractivity contribution in [1.29, 1.82) is 0 Å². The van der Waals surface area contributed by atoms with Crippen molar-refractivity contribution in [2.24, 2.45) is 5.92 Å². The molecule has 3 nitrogen and oxygen atoms in total. The Morgan fingerprint density at radius 2 is 2.33 bits per heavy atom. The minimum Gasteiger partial charge on any atom is -0.345 e. The van der Waals surface area contributed by atoms with Crippen molar-refractivity contribution in [3.05, 3.63) is 6.58 Å². The molecule has 1 aliphatic rings. The zero-order valence-corrected chi connectivity index (χ0v) is 7.45. The van der Waals surface area contributed by atoms with E-state index in [1.54, 1.807) is 0 Å². The van der Waals surface area contributed by atoms with E-state index in [1.165, 1.54) is 18.8 Å². The van der Waals surface area contributed by atoms with Crippen LogP contribution in [0.4, 0.5) is 0 Å². The van der Waals surface area contributed by atoms with Gasteiger partial charge in [0.2, 0.25) is 6.41 Å². The summed E-state index contributed by atoms with van der Waals surface area (Å²) in [6.07, 6.45) is 3.37. The van der Waals surface area contributed by atoms with Gasteiger partial charge in [-0.2, -0.15) is 0 Å². The molecule has 0 radical (unpaired) electrons. The zero-order valence-electron chi connectivity index (χ0n) is 7.45. The van der Waals surface area contributed by atoms with Crippen LogP contribution >= 0.6 is 0 Å². The lowest BCUT2D eigenvalue weighted by atomic mass is 10.1. The van der Waals surface area contributed by atoms with Crippen LogP contribution in [-0.4, -0.2) is 30.3 Å². The molecule has 1 atom stereocenters. The molecule has 0 saturated carbocycles. The fourth-order valence-corrected chi connectivity index (χ4v) is 1.29. The molecule has 0 spiro atoms. The average Bonchev–Trinajstić information content (AvgIpc) is 2.53. The second kappa shape index (κ2) is 6.62. The first kappa shape index (κ1) is 10.9. The van der Waals surface area contributed by atoms with E-state index in [9.17, 15) is 4.79 Å². The molecule has 1 saturated heterocycles. The molecule has 0 aromatic carbocycles. The lowest BCUT2D eigenvalue weighted by molar-refractivity contribution is -0.117. The van der Waals surface area contributed by atoms with Crippen LogP contribution in [0.15, 0.2) is 6.58 Å². The molecule has 1 fully saturated rings. The van der Waals surface area contributed by atoms with Crippen LogP contribution in [-0.2, 0) is 9.59 Å². The largest absolute Gasteiger partial charge is 0.345 e. The number of carbonyl (C=O) groups excluding carboxylic acids is 2. The Hall–Kier alpha value is -1.08. The highest BCUT2D eigenvalue weighted by Gasteiger charge is 2.18. The highest BCUT2D eigenvalue weighted by molar-refractivity contribution is 5.47. The number of rotatable bonds is 2. The van der Waals surface area contributed by atoms with Crippen molar-refractivity contribution >= 4 is 12.4 Å². The first-order valence-electron chi connectivity index (χ1n) is 4.12. The maximum atomic E-state index is 10.2. The summed E-state index contributed by atoms with van der Waals surface area (Å²) in [6.45, 7) is 6.82. The lowest BCUT2D eigenvalue weighted by Gasteiger charge is -2.06. The summed E-state index contributed by atoms with van der Waals surface area (Å²) in [4.78, 5) is 20.6. The Kier molecular flexibility index (Phi) is 6.02. The molecule has 1 rings (SSSR count). The molecular formula is C9H15NO2. The molecule has 1 heterocycles. The first-order chi connectivity index (χ1) is 5.78. The maximum Gasteiger partial charge on any atom is 0.209 e. The van der Waals surface area contributed by atoms with Crippen molar-refractivity contribution in [2.75, 3.05) is 13.1 Å². The molecule has 0 aromatic heterocycles. The predicted molar refractivity (Wildman–Crippen MR) is 47.4 cm³/mol. The number of amides is 1. The number of likely N-dealkylation sites (tertiary alicyclic amines) is 1. The molecule has 1 amide bonds. The van der Waals surface area contributed by atoms with Gasteiger partial charge in [0, 0.05) is 13.1 Å². The second-order valence-corrected chi connectivity index (χ2v) is 2.81. The van der Waals surface area contributed by atoms with Gasteiger partial charge in [0.15, 0.2) is 0 Å². The molecule has 0 bridgehead atoms. The van der Waals surface area contributed by atoms with E-state index in [2.05, 4.69) is 13.5 Å². The number of hydrogen-bond donors (Lipinski definition) is 0. The molecular weight excluding hydrogens is 154 g/mol. The highest BCUT2D eigenvalue weighted by Crippen LogP contribution is 2.16. The minimum atomic E-state index is 0.773. The van der Waals surface area contributed by atoms with E-state index in [-0.39, 0.29) is 0 Å². The highest BCUT2D eigenvalue weighted by atomic mass is 16.1. The molecule has 1 unspecified atom stereocenters. The molecule has 68 valence electrons. The topological polar surface area (TPSA) is 37.4 Å². The third kappa shape index (κ3) is 3.94. The fraction of sp³-hybridized carbons (Fsp3) is 0.667. The van der Waals surface area contributed by atoms with E-state index in [1.807, 2.05) is 4.90 Å². The van der Waals surface area contributed by atoms with Gasteiger partial charge in [-0.15, -0.1) is 0 Å². The molecule has 0 aromatic rings. The molecule has 3 heteroatoms. The van der Waals surface area contributed by atoms with Gasteiger partial charge in [-0.25, -0.2) is 4.79 Å². The molecule has 0 aliphatic carbocycles. The molecule has 12 heavy (non-hydrogen) atoms. The van der Waals surface area contributed by atoms with Crippen LogP contribution in [0.2, 0.25) is 0 Å². The van der Waals surface area contributed by atoms with Gasteiger partial charge in [0.05, 0.1) is 0 Å². The van der Waals surface area contributed by atoms with Crippen LogP contribution in [0.3, 0.4) is 0 Å². The summed E-state index contributed by atoms with van der Waals surface area (Å²) in [5.74, 6) is 2.02. The Morgan fingerprint density at radius 1 is 1.75 bits per heavy atom. The van der Waals surface area contributed by atoms with Gasteiger partial charge in [-0.1, -0.05) is 13.3 Å². The monoisotopic (exact) mass is 169 g/mol. The van der Waals surface area contributed by atoms with Gasteiger partial charge in [-0.05, 0) is 18.9 Å². The van der Waals surface area contributed by atoms with Crippen LogP contribution in [0.25, 0.3) is 0 Å². The summed E-state index contributed by atoms with van der Waals surface area (Å²) >= 11 is 0. The third-order valence-corrected chi connectivity index (χ3v) is 2.04. The van der Waals surface area contributed by atoms with Crippen molar-refractivity contribution in [2.45, 2.75) is 19.8 Å². The number of carbonyl (C=O) groups is 1. The zero-order chi connectivity index (χ0) is 9.40. The van der Waals surface area contributed by atoms with Gasteiger partial charge in [0.1, 0.15) is 5.94 Å². The normalized spacial score (nSPS) is 20.8. The van der Waals surface area contributed by atoms with Crippen LogP contribution < -0.4 is 0 Å². The summed E-state index contributed by atoms with van der Waals surface area (Å²) in [5, 5.41) is 0. The van der Waals surface area contributed by atoms with Crippen molar-refractivity contribution in [3.8, 4) is 0 Å². The van der Waals surface area contributed by atoms with Crippen molar-refractivity contribution in [1.82, 2.24) is 4.90 Å². The van der Waals surface area contributed by atoms with E-state index in [4.69, 9.17) is 4.79 Å². The van der Waals surface area contributed by atoms with E-state index in [0.29, 0.717) is 0 Å². The second-order valence-electron chi connectivity index (χ2n) is 2.81. The minimum absolute atomic E-state index is 0.773. The average molecular weight is 169 g/mol. The summed E-state index contributed by atoms with van der Waals surface area (Å²) in [7, 11) is 0. The van der Waals surface area contributed by atoms with E-state index < -0.39 is 0 Å². The van der Waals surface area contributed by atoms with Crippen LogP contribution in [0.5, 0.6) is 0 Å². The number of hydrogen-bond acceptors (Lipinski definition) is 2. The van der Waals surface area contributed by atoms with E-state index >= 15 is 0 Å². The Balaban J connectivity index is 0.000000354. The maximum absolute atomic E-state index is 10.2. The van der Waals surface area contributed by atoms with E-state index in [0.717, 1.165) is 25.4 Å². The summed E-state index contributed by atoms with van der Waals surface area (Å²) < 4.78 is 0. The molecule has 1 aliphatic heterocycles. The Labute approximate surface area is 73.1 Å². The Bertz CT molecular complexity index is 162. The lowest BCUT2D eigenvalue weighted by Crippen LogP contribution is -2.17. The molecule has 0 N–H and O–H groups in total. The SMILES string of the molecule is C=C=O.CCC1CCN(C=O)C1. The van der Waals surface area contributed by atoms with Gasteiger partial charge >= 0.3 is 0 Å². The first-order valence-corrected chi connectivity index (χ1v) is 4.12. The standard InChI is InChI=1S/C7H13NO.C2H2O/c1-2-7-3-4-8(5-7)6-9;1-2-3/h6-7H,2-5H2,1H3;1H2. The van der Waals surface area contributed by atoms with Gasteiger partial charge in [-0.3, -0.25) is 4.79 Å². The van der Waals surface area contributed by atoms with Crippen LogP contribution in [0.1, 0.15) is 19.8 Å². The smallest absolute Gasteiger partial charge is 0.209 e. The fourth-order valence-electron chi connectivity index (χ4n) is 1.29. The van der Waals surface area contributed by atoms with Crippen LogP contribution in [0, 0.1) is 5.92 Å². The Morgan fingerprint density at radius 3 is 2.58 bits per heavy atom. The summed E-state index contributed by atoms with van der Waals surface area (Å²) in [5.41, 5.74) is 0.